The second-order valence-corrected chi connectivity index (χ2v) is 7.36. The molecule has 3 nitrogen and oxygen atoms in total. The first-order chi connectivity index (χ1) is 8.07. The van der Waals surface area contributed by atoms with Crippen LogP contribution in [0, 0.1) is 11.8 Å². The van der Waals surface area contributed by atoms with Gasteiger partial charge in [0.15, 0.2) is 0 Å². The van der Waals surface area contributed by atoms with Crippen molar-refractivity contribution in [3.05, 3.63) is 15.5 Å². The minimum absolute atomic E-state index is 0.270. The molecule has 2 fully saturated rings. The number of hydrogen-bond donors (Lipinski definition) is 1. The third kappa shape index (κ3) is 2.01. The molecule has 0 saturated carbocycles. The van der Waals surface area contributed by atoms with Gasteiger partial charge in [0, 0.05) is 18.6 Å². The Bertz CT molecular complexity index is 418. The number of halogens is 1. The number of hydrogen-bond acceptors (Lipinski definition) is 4. The highest BCUT2D eigenvalue weighted by Gasteiger charge is 2.49. The average Bonchev–Trinajstić information content (AvgIpc) is 2.90. The average molecular weight is 272 g/mol. The summed E-state index contributed by atoms with van der Waals surface area (Å²) in [5.41, 5.74) is 0.270. The predicted molar refractivity (Wildman–Crippen MR) is 71.5 cm³/mol. The maximum Gasteiger partial charge on any atom is 0.113 e. The van der Waals surface area contributed by atoms with E-state index in [2.05, 4.69) is 29.0 Å². The van der Waals surface area contributed by atoms with Crippen molar-refractivity contribution in [2.45, 2.75) is 25.9 Å². The van der Waals surface area contributed by atoms with Crippen LogP contribution in [0.25, 0.3) is 0 Å². The highest BCUT2D eigenvalue weighted by Crippen LogP contribution is 2.41. The Balaban J connectivity index is 1.76. The van der Waals surface area contributed by atoms with Crippen molar-refractivity contribution in [1.29, 1.82) is 0 Å². The van der Waals surface area contributed by atoms with Crippen LogP contribution in [0.5, 0.6) is 0 Å². The molecule has 5 heteroatoms. The van der Waals surface area contributed by atoms with Gasteiger partial charge in [0.05, 0.1) is 12.7 Å². The quantitative estimate of drug-likeness (QED) is 0.894. The second-order valence-electron chi connectivity index (χ2n) is 5.62. The number of rotatable bonds is 2. The Hall–Kier alpha value is -0.160. The van der Waals surface area contributed by atoms with Crippen molar-refractivity contribution < 1.29 is 0 Å². The number of likely N-dealkylation sites (tertiary alicyclic amines) is 1. The van der Waals surface area contributed by atoms with Gasteiger partial charge in [-0.1, -0.05) is 11.6 Å². The molecule has 2 atom stereocenters. The zero-order valence-electron chi connectivity index (χ0n) is 10.2. The Kier molecular flexibility index (Phi) is 2.94. The zero-order chi connectivity index (χ0) is 12.0. The Labute approximate surface area is 111 Å². The van der Waals surface area contributed by atoms with E-state index in [1.807, 2.05) is 0 Å². The third-order valence-electron chi connectivity index (χ3n) is 4.37. The van der Waals surface area contributed by atoms with Crippen LogP contribution in [0.1, 0.15) is 18.9 Å². The summed E-state index contributed by atoms with van der Waals surface area (Å²) >= 11 is 7.54. The molecule has 1 N–H and O–H groups in total. The van der Waals surface area contributed by atoms with Crippen molar-refractivity contribution in [1.82, 2.24) is 15.2 Å². The number of aromatic nitrogens is 1. The summed E-state index contributed by atoms with van der Waals surface area (Å²) in [4.78, 5) is 6.94. The molecule has 1 aromatic heterocycles. The van der Waals surface area contributed by atoms with Gasteiger partial charge in [0.2, 0.25) is 0 Å². The lowest BCUT2D eigenvalue weighted by Crippen LogP contribution is -2.43. The smallest absolute Gasteiger partial charge is 0.113 e. The summed E-state index contributed by atoms with van der Waals surface area (Å²) in [6, 6.07) is 0. The molecular weight excluding hydrogens is 254 g/mol. The molecule has 2 aliphatic heterocycles. The summed E-state index contributed by atoms with van der Waals surface area (Å²) in [5.74, 6) is 1.58. The van der Waals surface area contributed by atoms with Crippen LogP contribution >= 0.6 is 22.9 Å². The van der Waals surface area contributed by atoms with E-state index in [9.17, 15) is 0 Å². The van der Waals surface area contributed by atoms with E-state index in [1.165, 1.54) is 13.1 Å². The van der Waals surface area contributed by atoms with Crippen molar-refractivity contribution in [3.8, 4) is 0 Å². The van der Waals surface area contributed by atoms with E-state index in [1.54, 1.807) is 17.5 Å². The number of nitrogens with zero attached hydrogens (tertiary/aromatic N) is 2. The first kappa shape index (κ1) is 11.9. The monoisotopic (exact) mass is 271 g/mol. The van der Waals surface area contributed by atoms with E-state index in [0.29, 0.717) is 0 Å². The van der Waals surface area contributed by atoms with E-state index in [4.69, 9.17) is 11.6 Å². The lowest BCUT2D eigenvalue weighted by molar-refractivity contribution is 0.132. The maximum atomic E-state index is 5.94. The van der Waals surface area contributed by atoms with E-state index < -0.39 is 0 Å². The van der Waals surface area contributed by atoms with Crippen molar-refractivity contribution in [2.24, 2.45) is 11.8 Å². The highest BCUT2D eigenvalue weighted by molar-refractivity contribution is 7.15. The molecule has 0 amide bonds. The molecule has 3 rings (SSSR count). The van der Waals surface area contributed by atoms with Gasteiger partial charge in [-0.3, -0.25) is 4.90 Å². The molecule has 0 aliphatic carbocycles. The van der Waals surface area contributed by atoms with Gasteiger partial charge in [-0.05, 0) is 32.2 Å². The van der Waals surface area contributed by atoms with Crippen LogP contribution in [-0.4, -0.2) is 35.1 Å². The highest BCUT2D eigenvalue weighted by atomic mass is 35.5. The standard InChI is InChI=1S/C12H18ClN3S/c1-12(2)9-4-14-3-8(9)6-16(12)7-11-15-5-10(13)17-11/h5,8-9,14H,3-4,6-7H2,1-2H3. The van der Waals surface area contributed by atoms with Crippen LogP contribution in [0.4, 0.5) is 0 Å². The number of nitrogens with one attached hydrogen (secondary N) is 1. The predicted octanol–water partition coefficient (Wildman–Crippen LogP) is 2.23. The topological polar surface area (TPSA) is 28.2 Å². The molecule has 2 unspecified atom stereocenters. The molecule has 1 aromatic rings. The largest absolute Gasteiger partial charge is 0.316 e. The van der Waals surface area contributed by atoms with Gasteiger partial charge in [0.1, 0.15) is 9.34 Å². The molecule has 3 heterocycles. The van der Waals surface area contributed by atoms with Gasteiger partial charge in [-0.15, -0.1) is 11.3 Å². The van der Waals surface area contributed by atoms with Crippen molar-refractivity contribution in [3.63, 3.8) is 0 Å². The lowest BCUT2D eigenvalue weighted by Gasteiger charge is -2.35. The van der Waals surface area contributed by atoms with E-state index in [0.717, 1.165) is 34.3 Å². The molecular formula is C12H18ClN3S. The fourth-order valence-corrected chi connectivity index (χ4v) is 4.27. The van der Waals surface area contributed by atoms with Gasteiger partial charge in [0.25, 0.3) is 0 Å². The number of fused-ring (bicyclic) bond motifs is 1. The van der Waals surface area contributed by atoms with Crippen LogP contribution < -0.4 is 5.32 Å². The van der Waals surface area contributed by atoms with Gasteiger partial charge in [-0.25, -0.2) is 4.98 Å². The minimum Gasteiger partial charge on any atom is -0.316 e. The van der Waals surface area contributed by atoms with Gasteiger partial charge < -0.3 is 5.32 Å². The van der Waals surface area contributed by atoms with E-state index >= 15 is 0 Å². The summed E-state index contributed by atoms with van der Waals surface area (Å²) < 4.78 is 0.791. The fraction of sp³-hybridized carbons (Fsp3) is 0.750. The SMILES string of the molecule is CC1(C)C2CNCC2CN1Cc1ncc(Cl)s1. The molecule has 2 saturated heterocycles. The lowest BCUT2D eigenvalue weighted by atomic mass is 9.85. The van der Waals surface area contributed by atoms with Crippen molar-refractivity contribution >= 4 is 22.9 Å². The molecule has 94 valence electrons. The maximum absolute atomic E-state index is 5.94. The molecule has 2 aliphatic rings. The Morgan fingerprint density at radius 3 is 3.06 bits per heavy atom. The zero-order valence-corrected chi connectivity index (χ0v) is 11.8. The van der Waals surface area contributed by atoms with Crippen LogP contribution in [-0.2, 0) is 6.54 Å². The first-order valence-corrected chi connectivity index (χ1v) is 7.33. The fourth-order valence-electron chi connectivity index (χ4n) is 3.30. The van der Waals surface area contributed by atoms with Gasteiger partial charge >= 0.3 is 0 Å². The second kappa shape index (κ2) is 4.19. The summed E-state index contributed by atoms with van der Waals surface area (Å²) in [6.45, 7) is 9.18. The van der Waals surface area contributed by atoms with Crippen molar-refractivity contribution in [2.75, 3.05) is 19.6 Å². The summed E-state index contributed by atoms with van der Waals surface area (Å²) in [7, 11) is 0. The Morgan fingerprint density at radius 1 is 1.59 bits per heavy atom. The number of thiazole rings is 1. The van der Waals surface area contributed by atoms with Gasteiger partial charge in [-0.2, -0.15) is 0 Å². The molecule has 17 heavy (non-hydrogen) atoms. The molecule has 0 spiro atoms. The van der Waals surface area contributed by atoms with Crippen LogP contribution in [0.2, 0.25) is 4.34 Å². The molecule has 0 aromatic carbocycles. The van der Waals surface area contributed by atoms with E-state index in [-0.39, 0.29) is 5.54 Å². The van der Waals surface area contributed by atoms with Crippen LogP contribution in [0.3, 0.4) is 0 Å². The minimum atomic E-state index is 0.270. The van der Waals surface area contributed by atoms with Crippen LogP contribution in [0.15, 0.2) is 6.20 Å². The first-order valence-electron chi connectivity index (χ1n) is 6.13. The normalized spacial score (nSPS) is 31.9. The summed E-state index contributed by atoms with van der Waals surface area (Å²) in [6.07, 6.45) is 1.76. The molecule has 0 radical (unpaired) electrons. The summed E-state index contributed by atoms with van der Waals surface area (Å²) in [5, 5.41) is 4.64. The third-order valence-corrected chi connectivity index (χ3v) is 5.47. The Morgan fingerprint density at radius 2 is 2.41 bits per heavy atom. The molecule has 0 bridgehead atoms.